The van der Waals surface area contributed by atoms with Gasteiger partial charge < -0.3 is 21.1 Å². The monoisotopic (exact) mass is 491 g/mol. The zero-order valence-electron chi connectivity index (χ0n) is 22.4. The van der Waals surface area contributed by atoms with Crippen molar-refractivity contribution in [2.75, 3.05) is 24.7 Å². The molecule has 0 atom stereocenters. The van der Waals surface area contributed by atoms with Crippen molar-refractivity contribution in [2.45, 2.75) is 53.9 Å². The standard InChI is InChI=1S/C28H37N5O3/c1-17-9-10-18(11-23(17)33-15-19(14-31-33)25(34)30-16-27(2,3)4)26(35)32-22-13-20(28(5,6)7)12-21(29)24(22)36-8/h9-15H,16,29H2,1-8H3,(H,30,34)(H,32,35). The van der Waals surface area contributed by atoms with E-state index in [0.29, 0.717) is 40.5 Å². The number of nitrogens with one attached hydrogen (secondary N) is 2. The van der Waals surface area contributed by atoms with Gasteiger partial charge in [0.1, 0.15) is 0 Å². The maximum Gasteiger partial charge on any atom is 0.255 e. The van der Waals surface area contributed by atoms with E-state index in [1.807, 2.05) is 25.1 Å². The van der Waals surface area contributed by atoms with Crippen LogP contribution in [-0.4, -0.2) is 35.2 Å². The molecule has 8 nitrogen and oxygen atoms in total. The van der Waals surface area contributed by atoms with Gasteiger partial charge in [-0.2, -0.15) is 5.10 Å². The highest BCUT2D eigenvalue weighted by Gasteiger charge is 2.21. The molecule has 8 heteroatoms. The Morgan fingerprint density at radius 1 is 1.03 bits per heavy atom. The van der Waals surface area contributed by atoms with Crippen molar-refractivity contribution < 1.29 is 14.3 Å². The zero-order chi connectivity index (χ0) is 26.8. The molecule has 1 heterocycles. The first-order valence-electron chi connectivity index (χ1n) is 11.9. The molecule has 0 aliphatic rings. The molecule has 0 unspecified atom stereocenters. The van der Waals surface area contributed by atoms with Gasteiger partial charge in [-0.25, -0.2) is 4.68 Å². The Bertz CT molecular complexity index is 1280. The highest BCUT2D eigenvalue weighted by molar-refractivity contribution is 6.06. The molecule has 0 spiro atoms. The number of amides is 2. The fourth-order valence-corrected chi connectivity index (χ4v) is 3.62. The maximum absolute atomic E-state index is 13.2. The molecule has 0 bridgehead atoms. The van der Waals surface area contributed by atoms with Gasteiger partial charge in [-0.3, -0.25) is 9.59 Å². The fourth-order valence-electron chi connectivity index (χ4n) is 3.62. The number of hydrogen-bond acceptors (Lipinski definition) is 5. The van der Waals surface area contributed by atoms with Crippen LogP contribution < -0.4 is 21.1 Å². The highest BCUT2D eigenvalue weighted by atomic mass is 16.5. The molecule has 0 aliphatic carbocycles. The van der Waals surface area contributed by atoms with Crippen LogP contribution in [0.2, 0.25) is 0 Å². The van der Waals surface area contributed by atoms with Crippen LogP contribution in [-0.2, 0) is 5.41 Å². The molecule has 0 aliphatic heterocycles. The van der Waals surface area contributed by atoms with Crippen LogP contribution in [0.1, 0.15) is 73.4 Å². The number of benzene rings is 2. The van der Waals surface area contributed by atoms with Gasteiger partial charge in [-0.05, 0) is 53.1 Å². The summed E-state index contributed by atoms with van der Waals surface area (Å²) in [5, 5.41) is 10.2. The van der Waals surface area contributed by atoms with Crippen LogP contribution in [0.4, 0.5) is 11.4 Å². The van der Waals surface area contributed by atoms with E-state index in [1.165, 1.54) is 13.3 Å². The van der Waals surface area contributed by atoms with Crippen molar-refractivity contribution in [3.63, 3.8) is 0 Å². The van der Waals surface area contributed by atoms with E-state index in [0.717, 1.165) is 11.1 Å². The highest BCUT2D eigenvalue weighted by Crippen LogP contribution is 2.37. The molecule has 36 heavy (non-hydrogen) atoms. The van der Waals surface area contributed by atoms with Crippen molar-refractivity contribution in [3.05, 3.63) is 65.0 Å². The van der Waals surface area contributed by atoms with E-state index in [-0.39, 0.29) is 22.6 Å². The third kappa shape index (κ3) is 6.24. The SMILES string of the molecule is COc1c(N)cc(C(C)(C)C)cc1NC(=O)c1ccc(C)c(-n2cc(C(=O)NCC(C)(C)C)cn2)c1. The summed E-state index contributed by atoms with van der Waals surface area (Å²) in [6.07, 6.45) is 3.19. The van der Waals surface area contributed by atoms with E-state index in [1.54, 1.807) is 23.0 Å². The van der Waals surface area contributed by atoms with Gasteiger partial charge in [-0.15, -0.1) is 0 Å². The van der Waals surface area contributed by atoms with E-state index in [4.69, 9.17) is 10.5 Å². The largest absolute Gasteiger partial charge is 0.492 e. The van der Waals surface area contributed by atoms with Gasteiger partial charge in [0.15, 0.2) is 5.75 Å². The van der Waals surface area contributed by atoms with Gasteiger partial charge in [0, 0.05) is 18.3 Å². The van der Waals surface area contributed by atoms with Gasteiger partial charge in [0.05, 0.1) is 35.9 Å². The molecular weight excluding hydrogens is 454 g/mol. The molecular formula is C28H37N5O3. The molecule has 3 rings (SSSR count). The lowest BCUT2D eigenvalue weighted by molar-refractivity contribution is 0.0938. The smallest absolute Gasteiger partial charge is 0.255 e. The Morgan fingerprint density at radius 3 is 2.33 bits per heavy atom. The summed E-state index contributed by atoms with van der Waals surface area (Å²) in [7, 11) is 1.52. The Kier molecular flexibility index (Phi) is 7.48. The number of carbonyl (C=O) groups is 2. The van der Waals surface area contributed by atoms with Gasteiger partial charge in [0.25, 0.3) is 11.8 Å². The molecule has 4 N–H and O–H groups in total. The Hall–Kier alpha value is -3.81. The predicted octanol–water partition coefficient (Wildman–Crippen LogP) is 5.10. The summed E-state index contributed by atoms with van der Waals surface area (Å²) in [5.41, 5.74) is 10.5. The summed E-state index contributed by atoms with van der Waals surface area (Å²) < 4.78 is 7.07. The number of methoxy groups -OCH3 is 1. The van der Waals surface area contributed by atoms with Crippen molar-refractivity contribution >= 4 is 23.2 Å². The summed E-state index contributed by atoms with van der Waals surface area (Å²) >= 11 is 0. The maximum atomic E-state index is 13.2. The molecule has 0 fully saturated rings. The number of ether oxygens (including phenoxy) is 1. The molecule has 0 saturated carbocycles. The van der Waals surface area contributed by atoms with Gasteiger partial charge >= 0.3 is 0 Å². The number of aryl methyl sites for hydroxylation is 1. The average molecular weight is 492 g/mol. The Balaban J connectivity index is 1.88. The number of hydrogen-bond donors (Lipinski definition) is 3. The van der Waals surface area contributed by atoms with E-state index in [9.17, 15) is 9.59 Å². The number of nitrogen functional groups attached to an aromatic ring is 1. The number of nitrogens with zero attached hydrogens (tertiary/aromatic N) is 2. The van der Waals surface area contributed by atoms with Crippen molar-refractivity contribution in [1.82, 2.24) is 15.1 Å². The van der Waals surface area contributed by atoms with Crippen molar-refractivity contribution in [1.29, 1.82) is 0 Å². The van der Waals surface area contributed by atoms with E-state index >= 15 is 0 Å². The summed E-state index contributed by atoms with van der Waals surface area (Å²) in [5.74, 6) is -0.0804. The third-order valence-corrected chi connectivity index (χ3v) is 5.78. The number of nitrogens with two attached hydrogens (primary N) is 1. The first-order chi connectivity index (χ1) is 16.7. The minimum absolute atomic E-state index is 0.0241. The molecule has 2 amide bonds. The number of anilines is 2. The normalized spacial score (nSPS) is 11.8. The molecule has 192 valence electrons. The summed E-state index contributed by atoms with van der Waals surface area (Å²) in [6, 6.07) is 9.10. The quantitative estimate of drug-likeness (QED) is 0.416. The molecule has 0 radical (unpaired) electrons. The van der Waals surface area contributed by atoms with Gasteiger partial charge in [0.2, 0.25) is 0 Å². The zero-order valence-corrected chi connectivity index (χ0v) is 22.4. The second-order valence-corrected chi connectivity index (χ2v) is 11.3. The lowest BCUT2D eigenvalue weighted by Crippen LogP contribution is -2.32. The lowest BCUT2D eigenvalue weighted by atomic mass is 9.86. The van der Waals surface area contributed by atoms with Crippen molar-refractivity contribution in [2.24, 2.45) is 5.41 Å². The van der Waals surface area contributed by atoms with Crippen LogP contribution in [0, 0.1) is 12.3 Å². The van der Waals surface area contributed by atoms with E-state index < -0.39 is 0 Å². The fraction of sp³-hybridized carbons (Fsp3) is 0.393. The molecule has 0 saturated heterocycles. The van der Waals surface area contributed by atoms with Crippen LogP contribution in [0.5, 0.6) is 5.75 Å². The Morgan fingerprint density at radius 2 is 1.72 bits per heavy atom. The first-order valence-corrected chi connectivity index (χ1v) is 11.9. The third-order valence-electron chi connectivity index (χ3n) is 5.78. The second kappa shape index (κ2) is 10.0. The lowest BCUT2D eigenvalue weighted by Gasteiger charge is -2.22. The van der Waals surface area contributed by atoms with Crippen molar-refractivity contribution in [3.8, 4) is 11.4 Å². The minimum Gasteiger partial charge on any atom is -0.492 e. The van der Waals surface area contributed by atoms with Gasteiger partial charge in [-0.1, -0.05) is 47.6 Å². The number of rotatable bonds is 6. The van der Waals surface area contributed by atoms with Crippen LogP contribution in [0.25, 0.3) is 5.69 Å². The molecule has 1 aromatic heterocycles. The average Bonchev–Trinajstić information content (AvgIpc) is 3.26. The minimum atomic E-state index is -0.310. The van der Waals surface area contributed by atoms with Crippen LogP contribution >= 0.6 is 0 Å². The van der Waals surface area contributed by atoms with Crippen LogP contribution in [0.3, 0.4) is 0 Å². The predicted molar refractivity (Wildman–Crippen MR) is 144 cm³/mol. The number of aromatic nitrogens is 2. The molecule has 2 aromatic carbocycles. The summed E-state index contributed by atoms with van der Waals surface area (Å²) in [4.78, 5) is 25.8. The van der Waals surface area contributed by atoms with Crippen LogP contribution in [0.15, 0.2) is 42.7 Å². The van der Waals surface area contributed by atoms with E-state index in [2.05, 4.69) is 57.3 Å². The number of carbonyl (C=O) groups excluding carboxylic acids is 2. The topological polar surface area (TPSA) is 111 Å². The Labute approximate surface area is 213 Å². The summed E-state index contributed by atoms with van der Waals surface area (Å²) in [6.45, 7) is 14.9. The molecule has 3 aromatic rings. The first kappa shape index (κ1) is 26.8. The second-order valence-electron chi connectivity index (χ2n) is 11.3.